The van der Waals surface area contributed by atoms with E-state index in [1.54, 1.807) is 36.0 Å². The van der Waals surface area contributed by atoms with Gasteiger partial charge in [0.05, 0.1) is 17.3 Å². The number of nitrogens with one attached hydrogen (secondary N) is 2. The minimum atomic E-state index is -0.228. The molecule has 2 aromatic heterocycles. The molecule has 7 heteroatoms. The minimum absolute atomic E-state index is 0.228. The standard InChI is InChI=1S/C19H18N6O/c1-21-19(26)16-4-3-5-17(23-16)22-11-15-12-25(2)24-18(15)14-8-6-13(10-20)7-9-14/h3-9,12H,11H2,1-2H3,(H,21,26)(H,22,23). The maximum absolute atomic E-state index is 11.7. The molecule has 0 atom stereocenters. The third kappa shape index (κ3) is 3.70. The van der Waals surface area contributed by atoms with Gasteiger partial charge in [-0.15, -0.1) is 0 Å². The number of benzene rings is 1. The SMILES string of the molecule is CNC(=O)c1cccc(NCc2cn(C)nc2-c2ccc(C#N)cc2)n1. The number of hydrogen-bond acceptors (Lipinski definition) is 5. The van der Waals surface area contributed by atoms with Crippen LogP contribution in [0, 0.1) is 11.3 Å². The van der Waals surface area contributed by atoms with E-state index in [0.29, 0.717) is 23.6 Å². The van der Waals surface area contributed by atoms with Crippen LogP contribution in [0.5, 0.6) is 0 Å². The molecule has 0 fully saturated rings. The summed E-state index contributed by atoms with van der Waals surface area (Å²) in [6.07, 6.45) is 1.93. The van der Waals surface area contributed by atoms with Crippen molar-refractivity contribution < 1.29 is 4.79 Å². The second-order valence-electron chi connectivity index (χ2n) is 5.71. The van der Waals surface area contributed by atoms with Crippen LogP contribution in [0.4, 0.5) is 5.82 Å². The second kappa shape index (κ2) is 7.49. The Morgan fingerprint density at radius 1 is 1.23 bits per heavy atom. The molecule has 130 valence electrons. The summed E-state index contributed by atoms with van der Waals surface area (Å²) in [5.41, 5.74) is 3.74. The first-order chi connectivity index (χ1) is 12.6. The smallest absolute Gasteiger partial charge is 0.269 e. The molecule has 3 aromatic rings. The average molecular weight is 346 g/mol. The van der Waals surface area contributed by atoms with Crippen LogP contribution in [0.15, 0.2) is 48.7 Å². The Morgan fingerprint density at radius 3 is 2.69 bits per heavy atom. The van der Waals surface area contributed by atoms with Crippen LogP contribution < -0.4 is 10.6 Å². The summed E-state index contributed by atoms with van der Waals surface area (Å²) in [5.74, 6) is 0.383. The van der Waals surface area contributed by atoms with Crippen molar-refractivity contribution in [1.82, 2.24) is 20.1 Å². The number of anilines is 1. The monoisotopic (exact) mass is 346 g/mol. The molecule has 2 N–H and O–H groups in total. The summed E-state index contributed by atoms with van der Waals surface area (Å²) in [7, 11) is 3.44. The van der Waals surface area contributed by atoms with Crippen LogP contribution in [-0.4, -0.2) is 27.7 Å². The number of nitriles is 1. The molecule has 0 aliphatic rings. The van der Waals surface area contributed by atoms with Crippen LogP contribution in [0.25, 0.3) is 11.3 Å². The molecule has 0 unspecified atom stereocenters. The summed E-state index contributed by atoms with van der Waals surface area (Å²) in [6.45, 7) is 0.507. The number of aromatic nitrogens is 3. The van der Waals surface area contributed by atoms with Crippen molar-refractivity contribution in [1.29, 1.82) is 5.26 Å². The maximum Gasteiger partial charge on any atom is 0.269 e. The van der Waals surface area contributed by atoms with Gasteiger partial charge in [-0.1, -0.05) is 18.2 Å². The zero-order valence-corrected chi connectivity index (χ0v) is 14.5. The highest BCUT2D eigenvalue weighted by Crippen LogP contribution is 2.23. The fraction of sp³-hybridized carbons (Fsp3) is 0.158. The topological polar surface area (TPSA) is 95.6 Å². The molecule has 0 spiro atoms. The molecule has 0 radical (unpaired) electrons. The predicted octanol–water partition coefficient (Wildman–Crippen LogP) is 2.33. The molecular formula is C19H18N6O. The van der Waals surface area contributed by atoms with Crippen LogP contribution in [0.3, 0.4) is 0 Å². The zero-order chi connectivity index (χ0) is 18.5. The van der Waals surface area contributed by atoms with Gasteiger partial charge in [0.15, 0.2) is 0 Å². The van der Waals surface area contributed by atoms with Crippen molar-refractivity contribution in [2.24, 2.45) is 7.05 Å². The molecule has 3 rings (SSSR count). The number of aryl methyl sites for hydroxylation is 1. The lowest BCUT2D eigenvalue weighted by atomic mass is 10.1. The Bertz CT molecular complexity index is 968. The van der Waals surface area contributed by atoms with Crippen molar-refractivity contribution in [2.45, 2.75) is 6.54 Å². The first kappa shape index (κ1) is 17.2. The maximum atomic E-state index is 11.7. The molecule has 0 bridgehead atoms. The van der Waals surface area contributed by atoms with E-state index in [2.05, 4.69) is 26.8 Å². The fourth-order valence-electron chi connectivity index (χ4n) is 2.59. The number of nitrogens with zero attached hydrogens (tertiary/aromatic N) is 4. The van der Waals surface area contributed by atoms with Crippen LogP contribution in [-0.2, 0) is 13.6 Å². The Morgan fingerprint density at radius 2 is 2.00 bits per heavy atom. The van der Waals surface area contributed by atoms with Gasteiger partial charge in [0.2, 0.25) is 0 Å². The number of rotatable bonds is 5. The lowest BCUT2D eigenvalue weighted by molar-refractivity contribution is 0.0958. The van der Waals surface area contributed by atoms with Gasteiger partial charge in [-0.2, -0.15) is 10.4 Å². The molecule has 2 heterocycles. The third-order valence-electron chi connectivity index (χ3n) is 3.86. The number of hydrogen-bond donors (Lipinski definition) is 2. The molecule has 7 nitrogen and oxygen atoms in total. The van der Waals surface area contributed by atoms with Crippen LogP contribution >= 0.6 is 0 Å². The Balaban J connectivity index is 1.81. The molecular weight excluding hydrogens is 328 g/mol. The zero-order valence-electron chi connectivity index (χ0n) is 14.5. The van der Waals surface area contributed by atoms with Crippen LogP contribution in [0.2, 0.25) is 0 Å². The number of pyridine rings is 1. The summed E-state index contributed by atoms with van der Waals surface area (Å²) >= 11 is 0. The van der Waals surface area contributed by atoms with Gasteiger partial charge >= 0.3 is 0 Å². The van der Waals surface area contributed by atoms with E-state index in [4.69, 9.17) is 5.26 Å². The number of carbonyl (C=O) groups is 1. The largest absolute Gasteiger partial charge is 0.366 e. The van der Waals surface area contributed by atoms with Gasteiger partial charge in [-0.25, -0.2) is 4.98 Å². The van der Waals surface area contributed by atoms with E-state index in [1.807, 2.05) is 31.4 Å². The fourth-order valence-corrected chi connectivity index (χ4v) is 2.59. The average Bonchev–Trinajstić information content (AvgIpc) is 3.06. The van der Waals surface area contributed by atoms with Gasteiger partial charge in [-0.05, 0) is 24.3 Å². The van der Waals surface area contributed by atoms with E-state index < -0.39 is 0 Å². The van der Waals surface area contributed by atoms with Gasteiger partial charge < -0.3 is 10.6 Å². The van der Waals surface area contributed by atoms with Crippen molar-refractivity contribution in [3.05, 3.63) is 65.5 Å². The molecule has 26 heavy (non-hydrogen) atoms. The van der Waals surface area contributed by atoms with Crippen molar-refractivity contribution >= 4 is 11.7 Å². The van der Waals surface area contributed by atoms with Gasteiger partial charge in [0, 0.05) is 38.0 Å². The Labute approximate surface area is 151 Å². The second-order valence-corrected chi connectivity index (χ2v) is 5.71. The molecule has 1 aromatic carbocycles. The van der Waals surface area contributed by atoms with Gasteiger partial charge in [0.25, 0.3) is 5.91 Å². The summed E-state index contributed by atoms with van der Waals surface area (Å²) in [6, 6.07) is 14.7. The van der Waals surface area contributed by atoms with E-state index >= 15 is 0 Å². The number of carbonyl (C=O) groups excluding carboxylic acids is 1. The van der Waals surface area contributed by atoms with E-state index in [0.717, 1.165) is 16.8 Å². The molecule has 0 saturated heterocycles. The third-order valence-corrected chi connectivity index (χ3v) is 3.86. The summed E-state index contributed by atoms with van der Waals surface area (Å²) in [5, 5.41) is 19.2. The first-order valence-corrected chi connectivity index (χ1v) is 8.07. The Kier molecular flexibility index (Phi) is 4.94. The lowest BCUT2D eigenvalue weighted by Crippen LogP contribution is -2.19. The lowest BCUT2D eigenvalue weighted by Gasteiger charge is -2.07. The molecule has 0 saturated carbocycles. The van der Waals surface area contributed by atoms with Crippen molar-refractivity contribution in [3.8, 4) is 17.3 Å². The van der Waals surface area contributed by atoms with E-state index in [1.165, 1.54) is 0 Å². The van der Waals surface area contributed by atoms with E-state index in [-0.39, 0.29) is 5.91 Å². The molecule has 0 aliphatic carbocycles. The highest BCUT2D eigenvalue weighted by Gasteiger charge is 2.11. The quantitative estimate of drug-likeness (QED) is 0.739. The summed E-state index contributed by atoms with van der Waals surface area (Å²) in [4.78, 5) is 16.0. The normalized spacial score (nSPS) is 10.2. The van der Waals surface area contributed by atoms with Crippen molar-refractivity contribution in [3.63, 3.8) is 0 Å². The molecule has 1 amide bonds. The predicted molar refractivity (Wildman–Crippen MR) is 98.3 cm³/mol. The first-order valence-electron chi connectivity index (χ1n) is 8.07. The van der Waals surface area contributed by atoms with E-state index in [9.17, 15) is 4.79 Å². The minimum Gasteiger partial charge on any atom is -0.366 e. The highest BCUT2D eigenvalue weighted by atomic mass is 16.1. The number of amides is 1. The van der Waals surface area contributed by atoms with Crippen LogP contribution in [0.1, 0.15) is 21.6 Å². The van der Waals surface area contributed by atoms with Crippen molar-refractivity contribution in [2.75, 3.05) is 12.4 Å². The van der Waals surface area contributed by atoms with Gasteiger partial charge in [-0.3, -0.25) is 9.48 Å². The Hall–Kier alpha value is -3.66. The molecule has 0 aliphatic heterocycles. The highest BCUT2D eigenvalue weighted by molar-refractivity contribution is 5.92. The summed E-state index contributed by atoms with van der Waals surface area (Å²) < 4.78 is 1.75. The van der Waals surface area contributed by atoms with Gasteiger partial charge in [0.1, 0.15) is 11.5 Å².